The quantitative estimate of drug-likeness (QED) is 0.875. The summed E-state index contributed by atoms with van der Waals surface area (Å²) in [6, 6.07) is 8.46. The molecule has 0 aromatic carbocycles. The van der Waals surface area contributed by atoms with Crippen LogP contribution in [0.2, 0.25) is 0 Å². The van der Waals surface area contributed by atoms with Gasteiger partial charge in [-0.25, -0.2) is 0 Å². The number of nitrogens with zero attached hydrogens (tertiary/aromatic N) is 3. The summed E-state index contributed by atoms with van der Waals surface area (Å²) in [7, 11) is 3.48. The highest BCUT2D eigenvalue weighted by atomic mass is 32.1. The third kappa shape index (κ3) is 3.94. The van der Waals surface area contributed by atoms with Crippen LogP contribution in [0, 0.1) is 0 Å². The molecule has 128 valence electrons. The molecule has 3 heterocycles. The highest BCUT2D eigenvalue weighted by Gasteiger charge is 2.24. The number of amides is 1. The molecule has 1 fully saturated rings. The molecule has 2 aromatic rings. The van der Waals surface area contributed by atoms with Crippen LogP contribution < -0.4 is 5.32 Å². The van der Waals surface area contributed by atoms with E-state index in [1.165, 1.54) is 17.7 Å². The van der Waals surface area contributed by atoms with Gasteiger partial charge in [-0.05, 0) is 49.5 Å². The molecule has 1 unspecified atom stereocenters. The van der Waals surface area contributed by atoms with Crippen molar-refractivity contribution in [2.75, 3.05) is 39.0 Å². The molecule has 6 heteroatoms. The minimum Gasteiger partial charge on any atom is -0.383 e. The summed E-state index contributed by atoms with van der Waals surface area (Å²) in [5.74, 6) is -0.0759. The van der Waals surface area contributed by atoms with E-state index in [-0.39, 0.29) is 5.91 Å². The number of aromatic nitrogens is 1. The second-order valence-corrected chi connectivity index (χ2v) is 7.26. The lowest BCUT2D eigenvalue weighted by Gasteiger charge is -2.27. The van der Waals surface area contributed by atoms with Gasteiger partial charge in [0.05, 0.1) is 6.04 Å². The highest BCUT2D eigenvalue weighted by molar-refractivity contribution is 7.10. The van der Waals surface area contributed by atoms with Crippen molar-refractivity contribution >= 4 is 22.9 Å². The van der Waals surface area contributed by atoms with Gasteiger partial charge >= 0.3 is 0 Å². The maximum Gasteiger partial charge on any atom is 0.272 e. The third-order valence-electron chi connectivity index (χ3n) is 4.34. The summed E-state index contributed by atoms with van der Waals surface area (Å²) in [6.45, 7) is 3.15. The zero-order valence-electron chi connectivity index (χ0n) is 14.2. The molecule has 1 amide bonds. The molecular formula is C18H24N4OS. The number of carbonyl (C=O) groups excluding carboxylic acids is 1. The standard InChI is InChI=1S/C18H24N4OS/c1-21(2)18(23)15-12-14(7-8-19-15)20-13-16(17-6-5-11-24-17)22-9-3-4-10-22/h5-8,11-12,16H,3-4,9-10,13H2,1-2H3,(H,19,20). The van der Waals surface area contributed by atoms with Crippen molar-refractivity contribution in [2.45, 2.75) is 18.9 Å². The van der Waals surface area contributed by atoms with Crippen molar-refractivity contribution in [3.05, 3.63) is 46.4 Å². The minimum atomic E-state index is -0.0759. The van der Waals surface area contributed by atoms with Crippen LogP contribution in [0.15, 0.2) is 35.8 Å². The summed E-state index contributed by atoms with van der Waals surface area (Å²) < 4.78 is 0. The summed E-state index contributed by atoms with van der Waals surface area (Å²) >= 11 is 1.81. The smallest absolute Gasteiger partial charge is 0.272 e. The number of hydrogen-bond donors (Lipinski definition) is 1. The van der Waals surface area contributed by atoms with Gasteiger partial charge in [0.25, 0.3) is 5.91 Å². The second-order valence-electron chi connectivity index (χ2n) is 6.28. The molecular weight excluding hydrogens is 320 g/mol. The first-order valence-corrected chi connectivity index (χ1v) is 9.22. The average Bonchev–Trinajstić information content (AvgIpc) is 3.28. The Morgan fingerprint density at radius 2 is 2.17 bits per heavy atom. The van der Waals surface area contributed by atoms with E-state index in [1.807, 2.05) is 23.5 Å². The maximum atomic E-state index is 12.1. The fraction of sp³-hybridized carbons (Fsp3) is 0.444. The van der Waals surface area contributed by atoms with E-state index >= 15 is 0 Å². The Morgan fingerprint density at radius 3 is 2.83 bits per heavy atom. The predicted octanol–water partition coefficient (Wildman–Crippen LogP) is 3.09. The Kier molecular flexibility index (Phi) is 5.48. The van der Waals surface area contributed by atoms with Gasteiger partial charge in [-0.3, -0.25) is 14.7 Å². The summed E-state index contributed by atoms with van der Waals surface area (Å²) in [5, 5.41) is 5.64. The lowest BCUT2D eigenvalue weighted by molar-refractivity contribution is 0.0822. The van der Waals surface area contributed by atoms with Gasteiger partial charge in [-0.1, -0.05) is 6.07 Å². The summed E-state index contributed by atoms with van der Waals surface area (Å²) in [5.41, 5.74) is 1.41. The topological polar surface area (TPSA) is 48.5 Å². The van der Waals surface area contributed by atoms with Crippen LogP contribution in [-0.2, 0) is 0 Å². The molecule has 1 aliphatic rings. The zero-order chi connectivity index (χ0) is 16.9. The molecule has 0 aliphatic carbocycles. The SMILES string of the molecule is CN(C)C(=O)c1cc(NCC(c2cccs2)N2CCCC2)ccn1. The van der Waals surface area contributed by atoms with Crippen molar-refractivity contribution in [3.63, 3.8) is 0 Å². The van der Waals surface area contributed by atoms with Crippen LogP contribution in [0.5, 0.6) is 0 Å². The normalized spacial score (nSPS) is 16.1. The average molecular weight is 344 g/mol. The minimum absolute atomic E-state index is 0.0759. The Morgan fingerprint density at radius 1 is 1.38 bits per heavy atom. The van der Waals surface area contributed by atoms with E-state index in [0.29, 0.717) is 11.7 Å². The first-order valence-electron chi connectivity index (χ1n) is 8.34. The van der Waals surface area contributed by atoms with Crippen molar-refractivity contribution in [1.82, 2.24) is 14.8 Å². The molecule has 5 nitrogen and oxygen atoms in total. The van der Waals surface area contributed by atoms with Crippen LogP contribution in [0.1, 0.15) is 34.2 Å². The van der Waals surface area contributed by atoms with Crippen LogP contribution in [-0.4, -0.2) is 54.4 Å². The first kappa shape index (κ1) is 16.9. The van der Waals surface area contributed by atoms with Gasteiger partial charge in [0.15, 0.2) is 0 Å². The van der Waals surface area contributed by atoms with Crippen molar-refractivity contribution in [1.29, 1.82) is 0 Å². The van der Waals surface area contributed by atoms with Gasteiger partial charge in [0, 0.05) is 37.4 Å². The Labute approximate surface area is 147 Å². The van der Waals surface area contributed by atoms with Crippen LogP contribution >= 0.6 is 11.3 Å². The number of rotatable bonds is 6. The fourth-order valence-corrected chi connectivity index (χ4v) is 3.91. The lowest BCUT2D eigenvalue weighted by Crippen LogP contribution is -2.30. The second kappa shape index (κ2) is 7.77. The van der Waals surface area contributed by atoms with E-state index in [0.717, 1.165) is 25.3 Å². The number of nitrogens with one attached hydrogen (secondary N) is 1. The number of carbonyl (C=O) groups is 1. The monoisotopic (exact) mass is 344 g/mol. The molecule has 0 bridgehead atoms. The van der Waals surface area contributed by atoms with Crippen molar-refractivity contribution in [3.8, 4) is 0 Å². The third-order valence-corrected chi connectivity index (χ3v) is 5.31. The van der Waals surface area contributed by atoms with Gasteiger partial charge in [-0.15, -0.1) is 11.3 Å². The molecule has 1 aliphatic heterocycles. The van der Waals surface area contributed by atoms with E-state index in [4.69, 9.17) is 0 Å². The molecule has 1 atom stereocenters. The first-order chi connectivity index (χ1) is 11.6. The van der Waals surface area contributed by atoms with E-state index in [2.05, 4.69) is 32.7 Å². The molecule has 1 N–H and O–H groups in total. The molecule has 24 heavy (non-hydrogen) atoms. The lowest BCUT2D eigenvalue weighted by atomic mass is 10.2. The number of thiophene rings is 1. The molecule has 0 saturated carbocycles. The fourth-order valence-electron chi connectivity index (χ4n) is 3.04. The molecule has 2 aromatic heterocycles. The van der Waals surface area contributed by atoms with E-state index in [1.54, 1.807) is 25.2 Å². The molecule has 0 radical (unpaired) electrons. The van der Waals surface area contributed by atoms with Crippen LogP contribution in [0.4, 0.5) is 5.69 Å². The molecule has 3 rings (SSSR count). The number of hydrogen-bond acceptors (Lipinski definition) is 5. The number of likely N-dealkylation sites (tertiary alicyclic amines) is 1. The Bertz CT molecular complexity index is 665. The van der Waals surface area contributed by atoms with Gasteiger partial charge in [-0.2, -0.15) is 0 Å². The highest BCUT2D eigenvalue weighted by Crippen LogP contribution is 2.28. The Balaban J connectivity index is 1.70. The van der Waals surface area contributed by atoms with Crippen LogP contribution in [0.25, 0.3) is 0 Å². The van der Waals surface area contributed by atoms with Gasteiger partial charge < -0.3 is 10.2 Å². The van der Waals surface area contributed by atoms with Crippen molar-refractivity contribution in [2.24, 2.45) is 0 Å². The number of anilines is 1. The predicted molar refractivity (Wildman–Crippen MR) is 98.6 cm³/mol. The molecule has 0 spiro atoms. The zero-order valence-corrected chi connectivity index (χ0v) is 15.1. The van der Waals surface area contributed by atoms with Crippen LogP contribution in [0.3, 0.4) is 0 Å². The summed E-state index contributed by atoms with van der Waals surface area (Å²) in [6.07, 6.45) is 4.24. The maximum absolute atomic E-state index is 12.1. The van der Waals surface area contributed by atoms with E-state index < -0.39 is 0 Å². The van der Waals surface area contributed by atoms with Gasteiger partial charge in [0.1, 0.15) is 5.69 Å². The molecule has 1 saturated heterocycles. The van der Waals surface area contributed by atoms with Crippen molar-refractivity contribution < 1.29 is 4.79 Å². The van der Waals surface area contributed by atoms with E-state index in [9.17, 15) is 4.79 Å². The number of pyridine rings is 1. The largest absolute Gasteiger partial charge is 0.383 e. The summed E-state index contributed by atoms with van der Waals surface area (Å²) in [4.78, 5) is 21.7. The Hall–Kier alpha value is -1.92. The van der Waals surface area contributed by atoms with Gasteiger partial charge in [0.2, 0.25) is 0 Å².